The van der Waals surface area contributed by atoms with Crippen molar-refractivity contribution in [3.05, 3.63) is 0 Å². The minimum absolute atomic E-state index is 0.458. The van der Waals surface area contributed by atoms with E-state index >= 15 is 0 Å². The van der Waals surface area contributed by atoms with Crippen LogP contribution in [0, 0.1) is 10.8 Å². The SMILES string of the molecule is BrCC1(CBr)CCC1(CBr)CBr. The molecule has 1 aliphatic carbocycles. The van der Waals surface area contributed by atoms with Crippen molar-refractivity contribution in [2.24, 2.45) is 10.8 Å². The van der Waals surface area contributed by atoms with Crippen molar-refractivity contribution in [2.45, 2.75) is 12.8 Å². The van der Waals surface area contributed by atoms with Crippen LogP contribution in [0.5, 0.6) is 0 Å². The van der Waals surface area contributed by atoms with Crippen LogP contribution in [0.4, 0.5) is 0 Å². The lowest BCUT2D eigenvalue weighted by molar-refractivity contribution is 0.00749. The molecule has 12 heavy (non-hydrogen) atoms. The van der Waals surface area contributed by atoms with Gasteiger partial charge in [0.15, 0.2) is 0 Å². The molecule has 0 aromatic rings. The van der Waals surface area contributed by atoms with E-state index < -0.39 is 0 Å². The third kappa shape index (κ3) is 1.59. The summed E-state index contributed by atoms with van der Waals surface area (Å²) >= 11 is 14.5. The average Bonchev–Trinajstić information content (AvgIpc) is 2.08. The Morgan fingerprint density at radius 3 is 1.00 bits per heavy atom. The molecule has 0 unspecified atom stereocenters. The normalized spacial score (nSPS) is 25.0. The Morgan fingerprint density at radius 1 is 0.667 bits per heavy atom. The van der Waals surface area contributed by atoms with Crippen LogP contribution in [0.1, 0.15) is 12.8 Å². The summed E-state index contributed by atoms with van der Waals surface area (Å²) in [4.78, 5) is 0. The molecular weight excluding hydrogens is 416 g/mol. The zero-order valence-electron chi connectivity index (χ0n) is 6.75. The zero-order chi connectivity index (χ0) is 9.24. The van der Waals surface area contributed by atoms with E-state index in [1.54, 1.807) is 0 Å². The van der Waals surface area contributed by atoms with Gasteiger partial charge in [-0.3, -0.25) is 0 Å². The Labute approximate surface area is 108 Å². The van der Waals surface area contributed by atoms with Crippen molar-refractivity contribution in [3.8, 4) is 0 Å². The topological polar surface area (TPSA) is 0 Å². The molecule has 0 saturated heterocycles. The van der Waals surface area contributed by atoms with Crippen LogP contribution >= 0.6 is 63.7 Å². The summed E-state index contributed by atoms with van der Waals surface area (Å²) in [5.41, 5.74) is 0.917. The van der Waals surface area contributed by atoms with Gasteiger partial charge in [-0.1, -0.05) is 63.7 Å². The van der Waals surface area contributed by atoms with Crippen molar-refractivity contribution in [2.75, 3.05) is 21.3 Å². The van der Waals surface area contributed by atoms with Gasteiger partial charge in [-0.15, -0.1) is 0 Å². The summed E-state index contributed by atoms with van der Waals surface area (Å²) in [5.74, 6) is 0. The highest BCUT2D eigenvalue weighted by Crippen LogP contribution is 2.60. The Kier molecular flexibility index (Phi) is 4.62. The Hall–Kier alpha value is 1.92. The molecule has 72 valence electrons. The third-order valence-electron chi connectivity index (χ3n) is 3.23. The summed E-state index contributed by atoms with van der Waals surface area (Å²) < 4.78 is 0. The van der Waals surface area contributed by atoms with Gasteiger partial charge in [-0.2, -0.15) is 0 Å². The molecule has 0 N–H and O–H groups in total. The van der Waals surface area contributed by atoms with E-state index in [-0.39, 0.29) is 0 Å². The molecule has 0 spiro atoms. The maximum absolute atomic E-state index is 3.63. The van der Waals surface area contributed by atoms with Crippen LogP contribution < -0.4 is 0 Å². The van der Waals surface area contributed by atoms with E-state index in [1.165, 1.54) is 12.8 Å². The van der Waals surface area contributed by atoms with Gasteiger partial charge in [0.1, 0.15) is 0 Å². The summed E-state index contributed by atoms with van der Waals surface area (Å²) in [7, 11) is 0. The van der Waals surface area contributed by atoms with E-state index in [2.05, 4.69) is 63.7 Å². The van der Waals surface area contributed by atoms with Crippen LogP contribution in [0.2, 0.25) is 0 Å². The third-order valence-corrected chi connectivity index (χ3v) is 7.52. The maximum atomic E-state index is 3.63. The van der Waals surface area contributed by atoms with Crippen LogP contribution in [0.25, 0.3) is 0 Å². The molecule has 0 bridgehead atoms. The summed E-state index contributed by atoms with van der Waals surface area (Å²) in [6, 6.07) is 0. The largest absolute Gasteiger partial charge is 0.0921 e. The molecule has 0 radical (unpaired) electrons. The highest BCUT2D eigenvalue weighted by atomic mass is 79.9. The fraction of sp³-hybridized carbons (Fsp3) is 1.00. The van der Waals surface area contributed by atoms with Gasteiger partial charge in [-0.05, 0) is 23.7 Å². The van der Waals surface area contributed by atoms with Gasteiger partial charge >= 0.3 is 0 Å². The molecule has 0 aromatic heterocycles. The minimum atomic E-state index is 0.458. The van der Waals surface area contributed by atoms with Crippen LogP contribution in [0.3, 0.4) is 0 Å². The van der Waals surface area contributed by atoms with Crippen LogP contribution in [-0.2, 0) is 0 Å². The highest BCUT2D eigenvalue weighted by molar-refractivity contribution is 9.10. The summed E-state index contributed by atoms with van der Waals surface area (Å²) in [6.45, 7) is 0. The van der Waals surface area contributed by atoms with E-state index in [1.807, 2.05) is 0 Å². The van der Waals surface area contributed by atoms with Gasteiger partial charge in [0, 0.05) is 21.3 Å². The Morgan fingerprint density at radius 2 is 0.917 bits per heavy atom. The summed E-state index contributed by atoms with van der Waals surface area (Å²) in [6.07, 6.45) is 2.67. The van der Waals surface area contributed by atoms with E-state index in [0.29, 0.717) is 10.8 Å². The van der Waals surface area contributed by atoms with E-state index in [9.17, 15) is 0 Å². The number of halogens is 4. The van der Waals surface area contributed by atoms with E-state index in [0.717, 1.165) is 21.3 Å². The first-order chi connectivity index (χ1) is 5.70. The number of alkyl halides is 4. The number of hydrogen-bond donors (Lipinski definition) is 0. The van der Waals surface area contributed by atoms with Crippen molar-refractivity contribution >= 4 is 63.7 Å². The fourth-order valence-corrected chi connectivity index (χ4v) is 7.10. The molecule has 1 rings (SSSR count). The number of hydrogen-bond acceptors (Lipinski definition) is 0. The van der Waals surface area contributed by atoms with Crippen LogP contribution in [-0.4, -0.2) is 21.3 Å². The van der Waals surface area contributed by atoms with E-state index in [4.69, 9.17) is 0 Å². The van der Waals surface area contributed by atoms with Crippen molar-refractivity contribution in [3.63, 3.8) is 0 Å². The second-order valence-corrected chi connectivity index (χ2v) is 5.84. The molecule has 0 aliphatic heterocycles. The second kappa shape index (κ2) is 4.63. The molecule has 1 fully saturated rings. The highest BCUT2D eigenvalue weighted by Gasteiger charge is 2.56. The van der Waals surface area contributed by atoms with Crippen LogP contribution in [0.15, 0.2) is 0 Å². The molecule has 0 atom stereocenters. The lowest BCUT2D eigenvalue weighted by Crippen LogP contribution is -2.56. The quantitative estimate of drug-likeness (QED) is 0.586. The van der Waals surface area contributed by atoms with Crippen molar-refractivity contribution in [1.29, 1.82) is 0 Å². The minimum Gasteiger partial charge on any atom is -0.0921 e. The second-order valence-electron chi connectivity index (χ2n) is 3.60. The van der Waals surface area contributed by atoms with Gasteiger partial charge < -0.3 is 0 Å². The van der Waals surface area contributed by atoms with Crippen molar-refractivity contribution < 1.29 is 0 Å². The first-order valence-corrected chi connectivity index (χ1v) is 8.43. The predicted octanol–water partition coefficient (Wildman–Crippen LogP) is 4.33. The molecule has 4 heteroatoms. The standard InChI is InChI=1S/C8H12Br4/c9-3-7(4-10)1-2-8(7,5-11)6-12/h1-6H2. The van der Waals surface area contributed by atoms with Gasteiger partial charge in [-0.25, -0.2) is 0 Å². The molecule has 0 nitrogen and oxygen atoms in total. The van der Waals surface area contributed by atoms with Crippen molar-refractivity contribution in [1.82, 2.24) is 0 Å². The average molecular weight is 428 g/mol. The smallest absolute Gasteiger partial charge is 0.0102 e. The number of rotatable bonds is 4. The Balaban J connectivity index is 2.77. The molecule has 1 aliphatic rings. The fourth-order valence-electron chi connectivity index (χ4n) is 1.74. The first-order valence-electron chi connectivity index (χ1n) is 3.94. The lowest BCUT2D eigenvalue weighted by atomic mass is 9.53. The lowest BCUT2D eigenvalue weighted by Gasteiger charge is -2.57. The molecule has 0 heterocycles. The molecular formula is C8H12Br4. The zero-order valence-corrected chi connectivity index (χ0v) is 13.1. The predicted molar refractivity (Wildman–Crippen MR) is 69.3 cm³/mol. The van der Waals surface area contributed by atoms with Gasteiger partial charge in [0.05, 0.1) is 0 Å². The maximum Gasteiger partial charge on any atom is 0.0102 e. The Bertz CT molecular complexity index is 120. The van der Waals surface area contributed by atoms with Gasteiger partial charge in [0.25, 0.3) is 0 Å². The molecule has 1 saturated carbocycles. The summed E-state index contributed by atoms with van der Waals surface area (Å²) in [5, 5.41) is 4.40. The van der Waals surface area contributed by atoms with Gasteiger partial charge in [0.2, 0.25) is 0 Å². The monoisotopic (exact) mass is 424 g/mol. The molecule has 0 amide bonds. The first kappa shape index (κ1) is 12.0. The molecule has 0 aromatic carbocycles.